The van der Waals surface area contributed by atoms with Gasteiger partial charge in [0.2, 0.25) is 5.91 Å². The predicted octanol–water partition coefficient (Wildman–Crippen LogP) is 2.30. The van der Waals surface area contributed by atoms with Crippen LogP contribution >= 0.6 is 0 Å². The molecule has 3 heterocycles. The number of piperidine rings is 1. The molecule has 144 valence electrons. The molecule has 0 bridgehead atoms. The van der Waals surface area contributed by atoms with Crippen LogP contribution in [0.2, 0.25) is 0 Å². The summed E-state index contributed by atoms with van der Waals surface area (Å²) in [7, 11) is 1.29. The van der Waals surface area contributed by atoms with E-state index in [4.69, 9.17) is 4.74 Å². The Morgan fingerprint density at radius 3 is 2.78 bits per heavy atom. The number of methoxy groups -OCH3 is 1. The number of hydrogen-bond donors (Lipinski definition) is 2. The molecular weight excluding hydrogens is 346 g/mol. The lowest BCUT2D eigenvalue weighted by Crippen LogP contribution is -2.53. The Morgan fingerprint density at radius 2 is 2.04 bits per heavy atom. The largest absolute Gasteiger partial charge is 0.453 e. The van der Waals surface area contributed by atoms with E-state index in [9.17, 15) is 9.59 Å². The smallest absolute Gasteiger partial charge is 0.407 e. The monoisotopic (exact) mass is 371 g/mol. The number of H-pyrrole nitrogens is 1. The van der Waals surface area contributed by atoms with Crippen LogP contribution < -0.4 is 5.32 Å². The summed E-state index contributed by atoms with van der Waals surface area (Å²) in [6.07, 6.45) is 1.79. The number of nitrogens with zero attached hydrogens (tertiary/aromatic N) is 1. The average molecular weight is 371 g/mol. The number of alkyl carbamates (subject to hydrolysis) is 1. The molecule has 1 spiro atoms. The summed E-state index contributed by atoms with van der Waals surface area (Å²) in [6, 6.07) is 7.75. The Balaban J connectivity index is 1.51. The predicted molar refractivity (Wildman–Crippen MR) is 100 cm³/mol. The van der Waals surface area contributed by atoms with Crippen LogP contribution in [0, 0.1) is 0 Å². The van der Waals surface area contributed by atoms with E-state index in [1.54, 1.807) is 11.8 Å². The van der Waals surface area contributed by atoms with E-state index in [-0.39, 0.29) is 11.5 Å². The number of likely N-dealkylation sites (tertiary alicyclic amines) is 1. The van der Waals surface area contributed by atoms with Crippen molar-refractivity contribution in [2.24, 2.45) is 0 Å². The van der Waals surface area contributed by atoms with Gasteiger partial charge in [-0.05, 0) is 37.8 Å². The Morgan fingerprint density at radius 1 is 1.30 bits per heavy atom. The van der Waals surface area contributed by atoms with E-state index >= 15 is 0 Å². The van der Waals surface area contributed by atoms with Crippen molar-refractivity contribution < 1.29 is 19.1 Å². The van der Waals surface area contributed by atoms with Crippen molar-refractivity contribution >= 4 is 22.9 Å². The summed E-state index contributed by atoms with van der Waals surface area (Å²) in [6.45, 7) is 3.57. The lowest BCUT2D eigenvalue weighted by Gasteiger charge is -2.44. The van der Waals surface area contributed by atoms with Crippen molar-refractivity contribution in [2.45, 2.75) is 37.8 Å². The van der Waals surface area contributed by atoms with Crippen LogP contribution in [-0.2, 0) is 26.3 Å². The number of ether oxygens (including phenoxy) is 2. The van der Waals surface area contributed by atoms with Crippen molar-refractivity contribution in [1.29, 1.82) is 0 Å². The molecule has 7 heteroatoms. The molecule has 1 unspecified atom stereocenters. The van der Waals surface area contributed by atoms with Gasteiger partial charge in [-0.15, -0.1) is 0 Å². The third kappa shape index (κ3) is 3.06. The summed E-state index contributed by atoms with van der Waals surface area (Å²) in [4.78, 5) is 29.3. The topological polar surface area (TPSA) is 83.7 Å². The molecule has 1 aromatic carbocycles. The molecule has 4 rings (SSSR count). The minimum absolute atomic E-state index is 0.0945. The second-order valence-corrected chi connectivity index (χ2v) is 7.30. The molecule has 1 aromatic heterocycles. The highest BCUT2D eigenvalue weighted by Crippen LogP contribution is 2.43. The molecule has 1 saturated heterocycles. The standard InChI is InChI=1S/C20H25N3O4/c1-13(21-19(25)26-2)18(24)23-10-8-20(9-11-23)17-15(7-12-27-20)14-5-3-4-6-16(14)22-17/h3-6,13,22H,7-12H2,1-2H3,(H,21,25). The number of amides is 2. The fraction of sp³-hybridized carbons (Fsp3) is 0.500. The summed E-state index contributed by atoms with van der Waals surface area (Å²) < 4.78 is 10.8. The number of fused-ring (bicyclic) bond motifs is 4. The normalized spacial score (nSPS) is 19.6. The van der Waals surface area contributed by atoms with Gasteiger partial charge >= 0.3 is 6.09 Å². The molecule has 2 aromatic rings. The van der Waals surface area contributed by atoms with Crippen LogP contribution in [0.1, 0.15) is 31.0 Å². The van der Waals surface area contributed by atoms with Crippen LogP contribution in [0.3, 0.4) is 0 Å². The first-order valence-corrected chi connectivity index (χ1v) is 9.41. The molecule has 2 aliphatic heterocycles. The van der Waals surface area contributed by atoms with Gasteiger partial charge in [0.15, 0.2) is 0 Å². The van der Waals surface area contributed by atoms with E-state index in [1.807, 2.05) is 6.07 Å². The first-order valence-electron chi connectivity index (χ1n) is 9.41. The second kappa shape index (κ2) is 6.88. The number of aromatic amines is 1. The van der Waals surface area contributed by atoms with Gasteiger partial charge in [0.25, 0.3) is 0 Å². The second-order valence-electron chi connectivity index (χ2n) is 7.30. The minimum Gasteiger partial charge on any atom is -0.453 e. The zero-order valence-electron chi connectivity index (χ0n) is 15.7. The van der Waals surface area contributed by atoms with Gasteiger partial charge in [-0.25, -0.2) is 4.79 Å². The molecule has 0 radical (unpaired) electrons. The quantitative estimate of drug-likeness (QED) is 0.849. The van der Waals surface area contributed by atoms with Gasteiger partial charge in [0, 0.05) is 24.0 Å². The Kier molecular flexibility index (Phi) is 4.55. The van der Waals surface area contributed by atoms with Gasteiger partial charge in [-0.1, -0.05) is 18.2 Å². The maximum atomic E-state index is 12.6. The van der Waals surface area contributed by atoms with Gasteiger partial charge in [0.05, 0.1) is 19.4 Å². The van der Waals surface area contributed by atoms with E-state index in [0.29, 0.717) is 19.7 Å². The van der Waals surface area contributed by atoms with Gasteiger partial charge in [0.1, 0.15) is 11.6 Å². The first kappa shape index (κ1) is 17.9. The van der Waals surface area contributed by atoms with E-state index < -0.39 is 12.1 Å². The summed E-state index contributed by atoms with van der Waals surface area (Å²) in [5, 5.41) is 3.81. The maximum absolute atomic E-state index is 12.6. The van der Waals surface area contributed by atoms with Crippen molar-refractivity contribution in [1.82, 2.24) is 15.2 Å². The number of nitrogens with one attached hydrogen (secondary N) is 2. The lowest BCUT2D eigenvalue weighted by atomic mass is 9.83. The van der Waals surface area contributed by atoms with Crippen molar-refractivity contribution in [2.75, 3.05) is 26.8 Å². The summed E-state index contributed by atoms with van der Waals surface area (Å²) in [5.41, 5.74) is 3.30. The van der Waals surface area contributed by atoms with E-state index in [2.05, 4.69) is 33.2 Å². The molecule has 1 fully saturated rings. The molecule has 0 saturated carbocycles. The third-order valence-electron chi connectivity index (χ3n) is 5.77. The van der Waals surface area contributed by atoms with E-state index in [1.165, 1.54) is 23.8 Å². The fourth-order valence-corrected chi connectivity index (χ4v) is 4.32. The van der Waals surface area contributed by atoms with Crippen LogP contribution in [0.25, 0.3) is 10.9 Å². The molecular formula is C20H25N3O4. The molecule has 27 heavy (non-hydrogen) atoms. The number of aromatic nitrogens is 1. The van der Waals surface area contributed by atoms with E-state index in [0.717, 1.165) is 24.8 Å². The fourth-order valence-electron chi connectivity index (χ4n) is 4.32. The molecule has 7 nitrogen and oxygen atoms in total. The summed E-state index contributed by atoms with van der Waals surface area (Å²) in [5.74, 6) is -0.0945. The molecule has 2 aliphatic rings. The van der Waals surface area contributed by atoms with Gasteiger partial charge in [-0.3, -0.25) is 4.79 Å². The number of carbonyl (C=O) groups excluding carboxylic acids is 2. The summed E-state index contributed by atoms with van der Waals surface area (Å²) >= 11 is 0. The number of carbonyl (C=O) groups is 2. The molecule has 0 aliphatic carbocycles. The molecule has 1 atom stereocenters. The SMILES string of the molecule is COC(=O)NC(C)C(=O)N1CCC2(CC1)OCCc1c2[nH]c2ccccc12. The number of rotatable bonds is 2. The highest BCUT2D eigenvalue weighted by molar-refractivity contribution is 5.86. The highest BCUT2D eigenvalue weighted by atomic mass is 16.5. The number of hydrogen-bond acceptors (Lipinski definition) is 4. The van der Waals surface area contributed by atoms with Crippen LogP contribution in [0.15, 0.2) is 24.3 Å². The minimum atomic E-state index is -0.609. The Hall–Kier alpha value is -2.54. The Bertz CT molecular complexity index is 867. The third-order valence-corrected chi connectivity index (χ3v) is 5.77. The van der Waals surface area contributed by atoms with Crippen molar-refractivity contribution in [3.63, 3.8) is 0 Å². The maximum Gasteiger partial charge on any atom is 0.407 e. The van der Waals surface area contributed by atoms with Crippen LogP contribution in [0.5, 0.6) is 0 Å². The zero-order chi connectivity index (χ0) is 19.0. The van der Waals surface area contributed by atoms with Gasteiger partial charge in [-0.2, -0.15) is 0 Å². The van der Waals surface area contributed by atoms with Crippen molar-refractivity contribution in [3.8, 4) is 0 Å². The zero-order valence-corrected chi connectivity index (χ0v) is 15.7. The lowest BCUT2D eigenvalue weighted by molar-refractivity contribution is -0.142. The molecule has 2 amide bonds. The Labute approximate surface area is 158 Å². The van der Waals surface area contributed by atoms with Crippen LogP contribution in [0.4, 0.5) is 4.79 Å². The molecule has 2 N–H and O–H groups in total. The van der Waals surface area contributed by atoms with Gasteiger partial charge < -0.3 is 24.7 Å². The first-order chi connectivity index (χ1) is 13.0. The van der Waals surface area contributed by atoms with Crippen molar-refractivity contribution in [3.05, 3.63) is 35.5 Å². The number of para-hydroxylation sites is 1. The number of benzene rings is 1. The average Bonchev–Trinajstić information content (AvgIpc) is 3.08. The highest BCUT2D eigenvalue weighted by Gasteiger charge is 2.43. The van der Waals surface area contributed by atoms with Crippen LogP contribution in [-0.4, -0.2) is 54.7 Å².